The third kappa shape index (κ3) is 3.13. The molecule has 0 saturated carbocycles. The van der Waals surface area contributed by atoms with Gasteiger partial charge in [0.15, 0.2) is 5.16 Å². The second-order valence-electron chi connectivity index (χ2n) is 4.61. The van der Waals surface area contributed by atoms with E-state index in [-0.39, 0.29) is 11.7 Å². The van der Waals surface area contributed by atoms with Crippen LogP contribution in [0, 0.1) is 0 Å². The van der Waals surface area contributed by atoms with Crippen LogP contribution in [0.3, 0.4) is 0 Å². The summed E-state index contributed by atoms with van der Waals surface area (Å²) >= 11 is 1.53. The van der Waals surface area contributed by atoms with Gasteiger partial charge in [0, 0.05) is 17.5 Å². The van der Waals surface area contributed by atoms with Crippen molar-refractivity contribution in [1.82, 2.24) is 20.1 Å². The van der Waals surface area contributed by atoms with Gasteiger partial charge in [-0.3, -0.25) is 4.57 Å². The highest BCUT2D eigenvalue weighted by Crippen LogP contribution is 2.31. The molecule has 0 amide bonds. The van der Waals surface area contributed by atoms with Crippen molar-refractivity contribution in [3.05, 3.63) is 40.3 Å². The summed E-state index contributed by atoms with van der Waals surface area (Å²) in [6, 6.07) is 8.44. The molecule has 0 aliphatic heterocycles. The molecule has 0 spiro atoms. The van der Waals surface area contributed by atoms with Gasteiger partial charge in [-0.05, 0) is 43.8 Å². The number of aromatic amines is 1. The van der Waals surface area contributed by atoms with Crippen LogP contribution in [-0.2, 0) is 6.54 Å². The first kappa shape index (κ1) is 14.9. The minimum atomic E-state index is -0.145. The zero-order valence-corrected chi connectivity index (χ0v) is 12.8. The van der Waals surface area contributed by atoms with Crippen molar-refractivity contribution >= 4 is 11.8 Å². The summed E-state index contributed by atoms with van der Waals surface area (Å²) in [7, 11) is 1.94. The standard InChI is InChI=1S/C14H20N4OS/c1-4-9-18-13(19)16-17-14(18)20-12-8-6-5-7-11(12)10(2)15-3/h5-8,10,15H,4,9H2,1-3H3,(H,16,19). The minimum absolute atomic E-state index is 0.145. The molecule has 1 atom stereocenters. The smallest absolute Gasteiger partial charge is 0.313 e. The van der Waals surface area contributed by atoms with Gasteiger partial charge in [0.25, 0.3) is 0 Å². The third-order valence-corrected chi connectivity index (χ3v) is 4.28. The molecule has 0 fully saturated rings. The van der Waals surface area contributed by atoms with Crippen LogP contribution in [0.15, 0.2) is 39.1 Å². The Bertz CT molecular complexity index is 620. The molecule has 2 N–H and O–H groups in total. The largest absolute Gasteiger partial charge is 0.343 e. The molecule has 0 aliphatic rings. The normalized spacial score (nSPS) is 12.6. The average Bonchev–Trinajstić information content (AvgIpc) is 2.80. The summed E-state index contributed by atoms with van der Waals surface area (Å²) in [4.78, 5) is 12.8. The molecular weight excluding hydrogens is 272 g/mol. The Kier molecular flexibility index (Phi) is 5.03. The van der Waals surface area contributed by atoms with Crippen LogP contribution in [0.25, 0.3) is 0 Å². The van der Waals surface area contributed by atoms with Crippen LogP contribution >= 0.6 is 11.8 Å². The van der Waals surface area contributed by atoms with E-state index in [1.807, 2.05) is 26.1 Å². The molecule has 2 aromatic rings. The average molecular weight is 292 g/mol. The predicted octanol–water partition coefficient (Wildman–Crippen LogP) is 2.41. The fourth-order valence-electron chi connectivity index (χ4n) is 1.99. The minimum Gasteiger partial charge on any atom is -0.313 e. The number of benzene rings is 1. The van der Waals surface area contributed by atoms with E-state index in [0.29, 0.717) is 11.7 Å². The molecule has 1 aromatic heterocycles. The molecule has 0 aliphatic carbocycles. The number of aromatic nitrogens is 3. The lowest BCUT2D eigenvalue weighted by Gasteiger charge is -2.15. The highest BCUT2D eigenvalue weighted by molar-refractivity contribution is 7.99. The number of hydrogen-bond donors (Lipinski definition) is 2. The lowest BCUT2D eigenvalue weighted by molar-refractivity contribution is 0.603. The van der Waals surface area contributed by atoms with Crippen LogP contribution in [0.1, 0.15) is 31.9 Å². The number of H-pyrrole nitrogens is 1. The monoisotopic (exact) mass is 292 g/mol. The SMILES string of the molecule is CCCn1c(Sc2ccccc2C(C)NC)n[nH]c1=O. The Morgan fingerprint density at radius 1 is 1.45 bits per heavy atom. The lowest BCUT2D eigenvalue weighted by atomic mass is 10.1. The number of rotatable bonds is 6. The van der Waals surface area contributed by atoms with E-state index in [2.05, 4.69) is 34.6 Å². The van der Waals surface area contributed by atoms with Gasteiger partial charge < -0.3 is 5.32 Å². The number of nitrogens with zero attached hydrogens (tertiary/aromatic N) is 2. The summed E-state index contributed by atoms with van der Waals surface area (Å²) in [5.41, 5.74) is 1.06. The van der Waals surface area contributed by atoms with E-state index >= 15 is 0 Å². The Hall–Kier alpha value is -1.53. The topological polar surface area (TPSA) is 62.7 Å². The molecule has 20 heavy (non-hydrogen) atoms. The fraction of sp³-hybridized carbons (Fsp3) is 0.429. The van der Waals surface area contributed by atoms with Crippen LogP contribution in [-0.4, -0.2) is 21.8 Å². The Morgan fingerprint density at radius 2 is 2.20 bits per heavy atom. The molecule has 108 valence electrons. The van der Waals surface area contributed by atoms with Crippen molar-refractivity contribution in [2.24, 2.45) is 0 Å². The van der Waals surface area contributed by atoms with Crippen molar-refractivity contribution in [2.75, 3.05) is 7.05 Å². The van der Waals surface area contributed by atoms with E-state index in [0.717, 1.165) is 11.3 Å². The van der Waals surface area contributed by atoms with E-state index in [1.54, 1.807) is 4.57 Å². The summed E-state index contributed by atoms with van der Waals surface area (Å²) < 4.78 is 1.69. The molecule has 6 heteroatoms. The molecule has 0 saturated heterocycles. The molecule has 1 aromatic carbocycles. The second kappa shape index (κ2) is 6.76. The van der Waals surface area contributed by atoms with Gasteiger partial charge in [0.05, 0.1) is 0 Å². The summed E-state index contributed by atoms with van der Waals surface area (Å²) in [5.74, 6) is 0. The van der Waals surface area contributed by atoms with Crippen LogP contribution in [0.2, 0.25) is 0 Å². The molecule has 1 heterocycles. The van der Waals surface area contributed by atoms with Gasteiger partial charge in [-0.2, -0.15) is 0 Å². The third-order valence-electron chi connectivity index (χ3n) is 3.19. The Morgan fingerprint density at radius 3 is 2.90 bits per heavy atom. The summed E-state index contributed by atoms with van der Waals surface area (Å²) in [5, 5.41) is 10.6. The maximum absolute atomic E-state index is 11.7. The molecule has 0 radical (unpaired) electrons. The van der Waals surface area contributed by atoms with Gasteiger partial charge in [-0.15, -0.1) is 5.10 Å². The lowest BCUT2D eigenvalue weighted by Crippen LogP contribution is -2.17. The molecular formula is C14H20N4OS. The molecule has 1 unspecified atom stereocenters. The first-order valence-corrected chi connectivity index (χ1v) is 7.58. The highest BCUT2D eigenvalue weighted by Gasteiger charge is 2.14. The van der Waals surface area contributed by atoms with Crippen LogP contribution < -0.4 is 11.0 Å². The number of nitrogens with one attached hydrogen (secondary N) is 2. The van der Waals surface area contributed by atoms with Crippen molar-refractivity contribution in [1.29, 1.82) is 0 Å². The fourth-order valence-corrected chi connectivity index (χ4v) is 3.07. The van der Waals surface area contributed by atoms with Crippen LogP contribution in [0.4, 0.5) is 0 Å². The zero-order valence-electron chi connectivity index (χ0n) is 12.0. The van der Waals surface area contributed by atoms with Gasteiger partial charge in [0.2, 0.25) is 0 Å². The Balaban J connectivity index is 2.33. The van der Waals surface area contributed by atoms with E-state index in [4.69, 9.17) is 0 Å². The van der Waals surface area contributed by atoms with E-state index in [1.165, 1.54) is 17.3 Å². The van der Waals surface area contributed by atoms with Gasteiger partial charge in [-0.25, -0.2) is 9.89 Å². The predicted molar refractivity (Wildman–Crippen MR) is 81.2 cm³/mol. The first-order valence-electron chi connectivity index (χ1n) is 6.76. The highest BCUT2D eigenvalue weighted by atomic mass is 32.2. The molecule has 0 bridgehead atoms. The van der Waals surface area contributed by atoms with Crippen molar-refractivity contribution in [2.45, 2.75) is 42.9 Å². The van der Waals surface area contributed by atoms with Gasteiger partial charge in [-0.1, -0.05) is 25.1 Å². The van der Waals surface area contributed by atoms with E-state index < -0.39 is 0 Å². The maximum Gasteiger partial charge on any atom is 0.343 e. The van der Waals surface area contributed by atoms with E-state index in [9.17, 15) is 4.79 Å². The quantitative estimate of drug-likeness (QED) is 0.858. The zero-order chi connectivity index (χ0) is 14.5. The van der Waals surface area contributed by atoms with Crippen molar-refractivity contribution < 1.29 is 0 Å². The summed E-state index contributed by atoms with van der Waals surface area (Å²) in [6.45, 7) is 4.84. The van der Waals surface area contributed by atoms with Gasteiger partial charge >= 0.3 is 5.69 Å². The van der Waals surface area contributed by atoms with Crippen molar-refractivity contribution in [3.63, 3.8) is 0 Å². The van der Waals surface area contributed by atoms with Crippen LogP contribution in [0.5, 0.6) is 0 Å². The van der Waals surface area contributed by atoms with Crippen molar-refractivity contribution in [3.8, 4) is 0 Å². The maximum atomic E-state index is 11.7. The summed E-state index contributed by atoms with van der Waals surface area (Å²) in [6.07, 6.45) is 0.904. The molecule has 5 nitrogen and oxygen atoms in total. The second-order valence-corrected chi connectivity index (χ2v) is 5.62. The number of hydrogen-bond acceptors (Lipinski definition) is 4. The molecule has 2 rings (SSSR count). The van der Waals surface area contributed by atoms with Gasteiger partial charge in [0.1, 0.15) is 0 Å². The Labute approximate surface area is 122 Å². The first-order chi connectivity index (χ1) is 9.67.